The summed E-state index contributed by atoms with van der Waals surface area (Å²) < 4.78 is 14.8. The average molecular weight is 513 g/mol. The van der Waals surface area contributed by atoms with E-state index in [9.17, 15) is 0 Å². The van der Waals surface area contributed by atoms with Crippen molar-refractivity contribution in [2.75, 3.05) is 0 Å². The first-order chi connectivity index (χ1) is 11.3. The zero-order chi connectivity index (χ0) is 21.1. The summed E-state index contributed by atoms with van der Waals surface area (Å²) in [5.41, 5.74) is 0. The van der Waals surface area contributed by atoms with Gasteiger partial charge in [-0.3, -0.25) is 0 Å². The molecule has 0 spiro atoms. The maximum Gasteiger partial charge on any atom is 0.192 e. The Kier molecular flexibility index (Phi) is 9.85. The second kappa shape index (κ2) is 9.55. The average Bonchev–Trinajstić information content (AvgIpc) is 2.32. The molecule has 0 rings (SSSR count). The van der Waals surface area contributed by atoms with Gasteiger partial charge in [-0.25, -0.2) is 0 Å². The number of rotatable bonds is 8. The van der Waals surface area contributed by atoms with Gasteiger partial charge in [0.1, 0.15) is 0 Å². The Labute approximate surface area is 180 Å². The van der Waals surface area contributed by atoms with E-state index in [0.717, 1.165) is 6.42 Å². The molecule has 0 aliphatic carbocycles. The van der Waals surface area contributed by atoms with Crippen molar-refractivity contribution in [3.8, 4) is 0 Å². The van der Waals surface area contributed by atoms with Crippen molar-refractivity contribution >= 4 is 39.2 Å². The van der Waals surface area contributed by atoms with Gasteiger partial charge in [-0.1, -0.05) is 54.5 Å². The maximum atomic E-state index is 6.86. The van der Waals surface area contributed by atoms with Crippen LogP contribution < -0.4 is 0 Å². The summed E-state index contributed by atoms with van der Waals surface area (Å²) in [6.07, 6.45) is 3.73. The Balaban J connectivity index is 5.41. The predicted octanol–water partition coefficient (Wildman–Crippen LogP) is 8.15. The van der Waals surface area contributed by atoms with Crippen LogP contribution in [-0.2, 0) is 8.85 Å². The van der Waals surface area contributed by atoms with E-state index in [-0.39, 0.29) is 22.3 Å². The Bertz CT molecular complexity index is 469. The van der Waals surface area contributed by atoms with Crippen molar-refractivity contribution in [1.82, 2.24) is 0 Å². The Morgan fingerprint density at radius 2 is 1.27 bits per heavy atom. The fraction of sp³-hybridized carbons (Fsp3) is 0.905. The van der Waals surface area contributed by atoms with E-state index in [2.05, 4.69) is 117 Å². The summed E-state index contributed by atoms with van der Waals surface area (Å²) in [4.78, 5) is 0. The molecule has 5 heteroatoms. The first-order valence-corrected chi connectivity index (χ1v) is 16.9. The van der Waals surface area contributed by atoms with E-state index in [0.29, 0.717) is 5.92 Å². The predicted molar refractivity (Wildman–Crippen MR) is 131 cm³/mol. The van der Waals surface area contributed by atoms with Gasteiger partial charge in [-0.2, -0.15) is 0 Å². The largest absolute Gasteiger partial charge is 0.414 e. The first-order valence-electron chi connectivity index (χ1n) is 10.00. The van der Waals surface area contributed by atoms with Gasteiger partial charge in [0.05, 0.1) is 6.10 Å². The molecule has 0 aliphatic rings. The third-order valence-corrected chi connectivity index (χ3v) is 15.7. The highest BCUT2D eigenvalue weighted by atomic mass is 127. The van der Waals surface area contributed by atoms with Crippen LogP contribution in [0.15, 0.2) is 9.66 Å². The van der Waals surface area contributed by atoms with Gasteiger partial charge in [0.15, 0.2) is 16.6 Å². The van der Waals surface area contributed by atoms with E-state index in [4.69, 9.17) is 8.85 Å². The topological polar surface area (TPSA) is 18.5 Å². The quantitative estimate of drug-likeness (QED) is 0.241. The summed E-state index contributed by atoms with van der Waals surface area (Å²) in [7, 11) is -3.58. The molecule has 0 aromatic heterocycles. The SMILES string of the molecule is CC(I)=C[C@@H](C)[C@@H](C[C@@H](C)O[Si](C)(C)C(C)(C)C)O[Si](C)(C)C(C)(C)C. The molecule has 0 N–H and O–H groups in total. The van der Waals surface area contributed by atoms with Crippen LogP contribution in [0.2, 0.25) is 36.3 Å². The highest BCUT2D eigenvalue weighted by Gasteiger charge is 2.42. The van der Waals surface area contributed by atoms with Gasteiger partial charge in [-0.15, -0.1) is 0 Å². The smallest absolute Gasteiger partial charge is 0.192 e. The molecule has 2 nitrogen and oxygen atoms in total. The van der Waals surface area contributed by atoms with E-state index in [1.807, 2.05) is 0 Å². The van der Waals surface area contributed by atoms with Crippen LogP contribution in [0.25, 0.3) is 0 Å². The summed E-state index contributed by atoms with van der Waals surface area (Å²) in [6.45, 7) is 29.9. The summed E-state index contributed by atoms with van der Waals surface area (Å²) >= 11 is 2.40. The molecular formula is C21H45IO2Si2. The number of hydrogen-bond donors (Lipinski definition) is 0. The van der Waals surface area contributed by atoms with Crippen LogP contribution in [0.1, 0.15) is 68.7 Å². The zero-order valence-electron chi connectivity index (χ0n) is 19.7. The molecule has 0 unspecified atom stereocenters. The van der Waals surface area contributed by atoms with Crippen LogP contribution in [-0.4, -0.2) is 28.8 Å². The summed E-state index contributed by atoms with van der Waals surface area (Å²) in [5, 5.41) is 0.457. The molecule has 0 aromatic rings. The van der Waals surface area contributed by atoms with E-state index < -0.39 is 16.6 Å². The molecule has 26 heavy (non-hydrogen) atoms. The fourth-order valence-corrected chi connectivity index (χ4v) is 5.89. The standard InChI is InChI=1S/C21H45IO2Si2/c1-16(14-17(2)22)19(24-26(12,13)21(7,8)9)15-18(3)23-25(10,11)20(4,5)6/h14,16,18-19H,15H2,1-13H3/t16-,18-,19-/m1/s1. The van der Waals surface area contributed by atoms with Crippen molar-refractivity contribution < 1.29 is 8.85 Å². The molecule has 0 heterocycles. The lowest BCUT2D eigenvalue weighted by atomic mass is 9.99. The first kappa shape index (κ1) is 26.8. The van der Waals surface area contributed by atoms with E-state index >= 15 is 0 Å². The molecule has 0 aromatic carbocycles. The number of allylic oxidation sites excluding steroid dienone is 1. The Morgan fingerprint density at radius 1 is 0.885 bits per heavy atom. The highest BCUT2D eigenvalue weighted by molar-refractivity contribution is 14.1. The Morgan fingerprint density at radius 3 is 1.62 bits per heavy atom. The van der Waals surface area contributed by atoms with Crippen molar-refractivity contribution in [2.24, 2.45) is 5.92 Å². The normalized spacial score (nSPS) is 18.6. The van der Waals surface area contributed by atoms with Crippen molar-refractivity contribution in [1.29, 1.82) is 0 Å². The maximum absolute atomic E-state index is 6.86. The van der Waals surface area contributed by atoms with Gasteiger partial charge in [-0.05, 0) is 82.7 Å². The lowest BCUT2D eigenvalue weighted by Gasteiger charge is -2.43. The molecule has 0 bridgehead atoms. The van der Waals surface area contributed by atoms with Crippen LogP contribution >= 0.6 is 22.6 Å². The second-order valence-electron chi connectivity index (χ2n) is 11.0. The second-order valence-corrected chi connectivity index (χ2v) is 22.2. The molecule has 3 atom stereocenters. The van der Waals surface area contributed by atoms with Crippen LogP contribution in [0, 0.1) is 5.92 Å². The van der Waals surface area contributed by atoms with Gasteiger partial charge in [0, 0.05) is 12.0 Å². The van der Waals surface area contributed by atoms with Crippen molar-refractivity contribution in [3.05, 3.63) is 9.66 Å². The zero-order valence-corrected chi connectivity index (χ0v) is 23.9. The monoisotopic (exact) mass is 512 g/mol. The van der Waals surface area contributed by atoms with Gasteiger partial charge in [0.2, 0.25) is 0 Å². The molecule has 0 saturated heterocycles. The molecule has 0 amide bonds. The van der Waals surface area contributed by atoms with Crippen molar-refractivity contribution in [3.63, 3.8) is 0 Å². The highest BCUT2D eigenvalue weighted by Crippen LogP contribution is 2.40. The van der Waals surface area contributed by atoms with Gasteiger partial charge in [0.25, 0.3) is 0 Å². The lowest BCUT2D eigenvalue weighted by molar-refractivity contribution is 0.0801. The van der Waals surface area contributed by atoms with Gasteiger partial charge >= 0.3 is 0 Å². The molecule has 0 fully saturated rings. The van der Waals surface area contributed by atoms with Crippen LogP contribution in [0.3, 0.4) is 0 Å². The summed E-state index contributed by atoms with van der Waals surface area (Å²) in [6, 6.07) is 0. The van der Waals surface area contributed by atoms with E-state index in [1.54, 1.807) is 0 Å². The fourth-order valence-electron chi connectivity index (χ4n) is 2.45. The van der Waals surface area contributed by atoms with Crippen LogP contribution in [0.5, 0.6) is 0 Å². The third-order valence-electron chi connectivity index (χ3n) is 6.20. The molecule has 156 valence electrons. The number of hydrogen-bond acceptors (Lipinski definition) is 2. The molecule has 0 aliphatic heterocycles. The third kappa shape index (κ3) is 8.45. The number of halogens is 1. The minimum atomic E-state index is -1.82. The molecular weight excluding hydrogens is 467 g/mol. The van der Waals surface area contributed by atoms with Crippen LogP contribution in [0.4, 0.5) is 0 Å². The van der Waals surface area contributed by atoms with Gasteiger partial charge < -0.3 is 8.85 Å². The van der Waals surface area contributed by atoms with E-state index in [1.165, 1.54) is 3.58 Å². The lowest BCUT2D eigenvalue weighted by Crippen LogP contribution is -2.48. The molecule has 0 radical (unpaired) electrons. The summed E-state index contributed by atoms with van der Waals surface area (Å²) in [5.74, 6) is 0.395. The minimum absolute atomic E-state index is 0.209. The molecule has 0 saturated carbocycles. The Hall–Kier alpha value is 0.824. The minimum Gasteiger partial charge on any atom is -0.414 e. The van der Waals surface area contributed by atoms with Crippen molar-refractivity contribution in [2.45, 2.75) is 117 Å².